The molecule has 11 heteroatoms. The number of alkyl halides is 2. The standard InChI is InChI=1S/C24H28F2N6O3/c25-22(26)35-19-5-3-16(4-6-19)20(2-1-10-27)31-24(33)32-11-7-17-14-28-23(30-21(17)15-32)29-18-8-12-34-13-9-18/h3-6,14,18,20,22H,1-2,7-9,11-13,15H2,(H,31,33)(H,28,29,30). The number of nitrogens with one attached hydrogen (secondary N) is 2. The number of carbonyl (C=O) groups is 1. The zero-order chi connectivity index (χ0) is 24.6. The predicted octanol–water partition coefficient (Wildman–Crippen LogP) is 3.78. The maximum atomic E-state index is 13.1. The summed E-state index contributed by atoms with van der Waals surface area (Å²) in [6, 6.07) is 7.72. The van der Waals surface area contributed by atoms with Crippen molar-refractivity contribution in [3.05, 3.63) is 47.3 Å². The molecule has 4 rings (SSSR count). The van der Waals surface area contributed by atoms with Gasteiger partial charge >= 0.3 is 12.6 Å². The second-order valence-electron chi connectivity index (χ2n) is 8.51. The van der Waals surface area contributed by atoms with E-state index in [0.29, 0.717) is 50.7 Å². The van der Waals surface area contributed by atoms with Crippen LogP contribution in [0.5, 0.6) is 5.75 Å². The van der Waals surface area contributed by atoms with Crippen LogP contribution >= 0.6 is 0 Å². The zero-order valence-electron chi connectivity index (χ0n) is 19.3. The van der Waals surface area contributed by atoms with Crippen molar-refractivity contribution in [2.24, 2.45) is 0 Å². The average Bonchev–Trinajstić information content (AvgIpc) is 2.87. The second-order valence-corrected chi connectivity index (χ2v) is 8.51. The third kappa shape index (κ3) is 6.76. The minimum Gasteiger partial charge on any atom is -0.435 e. The van der Waals surface area contributed by atoms with Crippen LogP contribution in [0.3, 0.4) is 0 Å². The molecule has 35 heavy (non-hydrogen) atoms. The van der Waals surface area contributed by atoms with Gasteiger partial charge < -0.3 is 25.0 Å². The Morgan fingerprint density at radius 2 is 2.06 bits per heavy atom. The van der Waals surface area contributed by atoms with E-state index in [-0.39, 0.29) is 24.2 Å². The van der Waals surface area contributed by atoms with Gasteiger partial charge in [0.1, 0.15) is 5.75 Å². The molecule has 1 aromatic heterocycles. The number of aromatic nitrogens is 2. The van der Waals surface area contributed by atoms with Crippen LogP contribution in [0.25, 0.3) is 0 Å². The lowest BCUT2D eigenvalue weighted by molar-refractivity contribution is -0.0498. The number of nitriles is 1. The third-order valence-corrected chi connectivity index (χ3v) is 6.14. The van der Waals surface area contributed by atoms with Crippen LogP contribution in [0.2, 0.25) is 0 Å². The Hall–Kier alpha value is -3.52. The number of anilines is 1. The Morgan fingerprint density at radius 1 is 1.29 bits per heavy atom. The van der Waals surface area contributed by atoms with Crippen LogP contribution in [-0.2, 0) is 17.7 Å². The molecule has 3 heterocycles. The first-order valence-corrected chi connectivity index (χ1v) is 11.7. The molecule has 1 atom stereocenters. The van der Waals surface area contributed by atoms with E-state index in [4.69, 9.17) is 10.00 Å². The summed E-state index contributed by atoms with van der Waals surface area (Å²) >= 11 is 0. The van der Waals surface area contributed by atoms with Crippen LogP contribution in [0, 0.1) is 11.3 Å². The highest BCUT2D eigenvalue weighted by Gasteiger charge is 2.25. The highest BCUT2D eigenvalue weighted by atomic mass is 19.3. The van der Waals surface area contributed by atoms with E-state index in [2.05, 4.69) is 31.4 Å². The van der Waals surface area contributed by atoms with Crippen LogP contribution in [0.15, 0.2) is 30.5 Å². The molecular weight excluding hydrogens is 458 g/mol. The fourth-order valence-electron chi connectivity index (χ4n) is 4.22. The summed E-state index contributed by atoms with van der Waals surface area (Å²) in [6.45, 7) is -0.621. The molecular formula is C24H28F2N6O3. The van der Waals surface area contributed by atoms with E-state index in [1.54, 1.807) is 17.0 Å². The monoisotopic (exact) mass is 486 g/mol. The van der Waals surface area contributed by atoms with Crippen molar-refractivity contribution in [2.45, 2.75) is 57.3 Å². The largest absolute Gasteiger partial charge is 0.435 e. The van der Waals surface area contributed by atoms with E-state index in [0.717, 1.165) is 24.1 Å². The maximum Gasteiger partial charge on any atom is 0.387 e. The molecule has 2 aliphatic rings. The Bertz CT molecular complexity index is 1040. The van der Waals surface area contributed by atoms with Crippen molar-refractivity contribution >= 4 is 12.0 Å². The average molecular weight is 487 g/mol. The molecule has 0 spiro atoms. The van der Waals surface area contributed by atoms with Gasteiger partial charge in [-0.25, -0.2) is 14.8 Å². The Morgan fingerprint density at radius 3 is 2.77 bits per heavy atom. The first-order valence-electron chi connectivity index (χ1n) is 11.7. The fraction of sp³-hybridized carbons (Fsp3) is 0.500. The molecule has 0 saturated carbocycles. The number of carbonyl (C=O) groups excluding carboxylic acids is 1. The number of amides is 2. The number of halogens is 2. The minimum atomic E-state index is -2.91. The number of urea groups is 1. The van der Waals surface area contributed by atoms with Crippen molar-refractivity contribution < 1.29 is 23.0 Å². The molecule has 2 amide bonds. The first kappa shape index (κ1) is 24.6. The molecule has 1 aromatic carbocycles. The summed E-state index contributed by atoms with van der Waals surface area (Å²) in [7, 11) is 0. The molecule has 9 nitrogen and oxygen atoms in total. The molecule has 2 N–H and O–H groups in total. The van der Waals surface area contributed by atoms with E-state index in [1.807, 2.05) is 6.20 Å². The van der Waals surface area contributed by atoms with Gasteiger partial charge in [0.25, 0.3) is 0 Å². The first-order chi connectivity index (χ1) is 17.0. The predicted molar refractivity (Wildman–Crippen MR) is 123 cm³/mol. The summed E-state index contributed by atoms with van der Waals surface area (Å²) in [5, 5.41) is 15.4. The molecule has 1 fully saturated rings. The van der Waals surface area contributed by atoms with E-state index < -0.39 is 12.7 Å². The lowest BCUT2D eigenvalue weighted by atomic mass is 10.0. The number of hydrogen-bond acceptors (Lipinski definition) is 7. The third-order valence-electron chi connectivity index (χ3n) is 6.14. The van der Waals surface area contributed by atoms with Crippen molar-refractivity contribution in [3.8, 4) is 11.8 Å². The summed E-state index contributed by atoms with van der Waals surface area (Å²) in [5.41, 5.74) is 2.53. The topological polar surface area (TPSA) is 112 Å². The smallest absolute Gasteiger partial charge is 0.387 e. The Labute approximate surface area is 202 Å². The number of ether oxygens (including phenoxy) is 2. The van der Waals surface area contributed by atoms with E-state index >= 15 is 0 Å². The molecule has 0 bridgehead atoms. The van der Waals surface area contributed by atoms with Gasteiger partial charge in [0.15, 0.2) is 0 Å². The van der Waals surface area contributed by atoms with Gasteiger partial charge in [-0.3, -0.25) is 0 Å². The van der Waals surface area contributed by atoms with E-state index in [9.17, 15) is 13.6 Å². The van der Waals surface area contributed by atoms with Crippen molar-refractivity contribution in [2.75, 3.05) is 25.1 Å². The van der Waals surface area contributed by atoms with Crippen LogP contribution in [0.1, 0.15) is 48.5 Å². The molecule has 0 radical (unpaired) electrons. The quantitative estimate of drug-likeness (QED) is 0.584. The maximum absolute atomic E-state index is 13.1. The number of hydrogen-bond donors (Lipinski definition) is 2. The van der Waals surface area contributed by atoms with Crippen LogP contribution in [-0.4, -0.2) is 53.3 Å². The van der Waals surface area contributed by atoms with Gasteiger partial charge in [-0.05, 0) is 48.9 Å². The fourth-order valence-corrected chi connectivity index (χ4v) is 4.22. The highest BCUT2D eigenvalue weighted by molar-refractivity contribution is 5.75. The van der Waals surface area contributed by atoms with Crippen LogP contribution < -0.4 is 15.4 Å². The lowest BCUT2D eigenvalue weighted by Crippen LogP contribution is -2.44. The van der Waals surface area contributed by atoms with Gasteiger partial charge in [0, 0.05) is 38.4 Å². The van der Waals surface area contributed by atoms with Gasteiger partial charge in [0.05, 0.1) is 24.3 Å². The van der Waals surface area contributed by atoms with Gasteiger partial charge in [-0.1, -0.05) is 12.1 Å². The van der Waals surface area contributed by atoms with Gasteiger partial charge in [-0.15, -0.1) is 0 Å². The summed E-state index contributed by atoms with van der Waals surface area (Å²) < 4.78 is 34.7. The number of fused-ring (bicyclic) bond motifs is 1. The van der Waals surface area contributed by atoms with Crippen molar-refractivity contribution in [1.82, 2.24) is 20.2 Å². The van der Waals surface area contributed by atoms with Gasteiger partial charge in [-0.2, -0.15) is 14.0 Å². The Kier molecular flexibility index (Phi) is 8.26. The van der Waals surface area contributed by atoms with E-state index in [1.165, 1.54) is 12.1 Å². The van der Waals surface area contributed by atoms with Crippen molar-refractivity contribution in [1.29, 1.82) is 5.26 Å². The Balaban J connectivity index is 1.40. The summed E-state index contributed by atoms with van der Waals surface area (Å²) in [4.78, 5) is 23.9. The molecule has 186 valence electrons. The SMILES string of the molecule is N#CCCC(NC(=O)N1CCc2cnc(NC3CCOCC3)nc2C1)c1ccc(OC(F)F)cc1. The summed E-state index contributed by atoms with van der Waals surface area (Å²) in [6.07, 6.45) is 4.88. The minimum absolute atomic E-state index is 0.0339. The molecule has 0 aliphatic carbocycles. The summed E-state index contributed by atoms with van der Waals surface area (Å²) in [5.74, 6) is 0.586. The highest BCUT2D eigenvalue weighted by Crippen LogP contribution is 2.24. The number of benzene rings is 1. The molecule has 2 aromatic rings. The normalized spacial score (nSPS) is 16.8. The molecule has 1 saturated heterocycles. The zero-order valence-corrected chi connectivity index (χ0v) is 19.3. The number of rotatable bonds is 8. The number of nitrogens with zero attached hydrogens (tertiary/aromatic N) is 4. The van der Waals surface area contributed by atoms with Crippen molar-refractivity contribution in [3.63, 3.8) is 0 Å². The molecule has 2 aliphatic heterocycles. The lowest BCUT2D eigenvalue weighted by Gasteiger charge is -2.30. The van der Waals surface area contributed by atoms with Gasteiger partial charge in [0.2, 0.25) is 5.95 Å². The van der Waals surface area contributed by atoms with Crippen LogP contribution in [0.4, 0.5) is 19.5 Å². The molecule has 1 unspecified atom stereocenters. The second kappa shape index (κ2) is 11.8.